The van der Waals surface area contributed by atoms with Crippen molar-refractivity contribution in [2.45, 2.75) is 33.2 Å². The number of benzene rings is 2. The Morgan fingerprint density at radius 3 is 2.49 bits per heavy atom. The maximum Gasteiger partial charge on any atom is 0.338 e. The van der Waals surface area contributed by atoms with E-state index in [2.05, 4.69) is 0 Å². The SMILES string of the molecule is CCOC(=O)C1=C(c2ccccc2)N=C2SC=C(CC(=O)N(CC)CC)N2C1c1cccc(F)c1. The minimum Gasteiger partial charge on any atom is -0.463 e. The summed E-state index contributed by atoms with van der Waals surface area (Å²) >= 11 is 1.39. The third kappa shape index (κ3) is 5.03. The van der Waals surface area contributed by atoms with E-state index >= 15 is 0 Å². The summed E-state index contributed by atoms with van der Waals surface area (Å²) in [4.78, 5) is 34.9. The van der Waals surface area contributed by atoms with Gasteiger partial charge in [-0.25, -0.2) is 14.2 Å². The molecule has 2 heterocycles. The first-order valence-electron chi connectivity index (χ1n) is 11.7. The van der Waals surface area contributed by atoms with Gasteiger partial charge in [0.15, 0.2) is 5.17 Å². The molecule has 0 aromatic heterocycles. The van der Waals surface area contributed by atoms with Crippen LogP contribution >= 0.6 is 11.8 Å². The molecule has 8 heteroatoms. The lowest BCUT2D eigenvalue weighted by Crippen LogP contribution is -2.39. The van der Waals surface area contributed by atoms with Crippen LogP contribution < -0.4 is 0 Å². The molecule has 2 aromatic rings. The predicted octanol–water partition coefficient (Wildman–Crippen LogP) is 5.36. The molecular weight excluding hydrogens is 465 g/mol. The highest BCUT2D eigenvalue weighted by Gasteiger charge is 2.42. The van der Waals surface area contributed by atoms with Crippen LogP contribution in [-0.4, -0.2) is 46.5 Å². The molecule has 0 fully saturated rings. The van der Waals surface area contributed by atoms with E-state index in [1.165, 1.54) is 23.9 Å². The number of amidine groups is 1. The second-order valence-electron chi connectivity index (χ2n) is 8.04. The number of aliphatic imine (C=N–C) groups is 1. The number of nitrogens with zero attached hydrogens (tertiary/aromatic N) is 3. The standard InChI is InChI=1S/C27H28FN3O3S/c1-4-30(5-2)22(32)16-21-17-35-27-29-24(18-11-8-7-9-12-18)23(26(33)34-6-3)25(31(21)27)19-13-10-14-20(28)15-19/h7-15,17,25H,4-6,16H2,1-3H3. The Bertz CT molecular complexity index is 1210. The molecule has 0 saturated carbocycles. The molecule has 182 valence electrons. The van der Waals surface area contributed by atoms with Crippen molar-refractivity contribution in [1.82, 2.24) is 9.80 Å². The molecule has 2 aliphatic rings. The zero-order valence-electron chi connectivity index (χ0n) is 20.0. The highest BCUT2D eigenvalue weighted by Crippen LogP contribution is 2.47. The molecule has 0 saturated heterocycles. The number of halogens is 1. The van der Waals surface area contributed by atoms with Gasteiger partial charge < -0.3 is 14.5 Å². The zero-order valence-corrected chi connectivity index (χ0v) is 20.8. The number of carbonyl (C=O) groups excluding carboxylic acids is 2. The van der Waals surface area contributed by atoms with Gasteiger partial charge in [0.25, 0.3) is 0 Å². The van der Waals surface area contributed by atoms with Crippen molar-refractivity contribution in [3.05, 3.63) is 88.2 Å². The Hall–Kier alpha value is -3.39. The Kier molecular flexibility index (Phi) is 7.70. The Balaban J connectivity index is 1.87. The number of amides is 1. The molecule has 1 atom stereocenters. The van der Waals surface area contributed by atoms with Crippen molar-refractivity contribution in [2.24, 2.45) is 4.99 Å². The van der Waals surface area contributed by atoms with Crippen LogP contribution in [0.1, 0.15) is 44.4 Å². The van der Waals surface area contributed by atoms with E-state index in [0.29, 0.717) is 40.8 Å². The Labute approximate surface area is 209 Å². The second kappa shape index (κ2) is 10.9. The number of rotatable bonds is 8. The topological polar surface area (TPSA) is 62.2 Å². The van der Waals surface area contributed by atoms with Crippen molar-refractivity contribution >= 4 is 34.5 Å². The Morgan fingerprint density at radius 1 is 1.09 bits per heavy atom. The molecule has 0 aliphatic carbocycles. The van der Waals surface area contributed by atoms with Gasteiger partial charge >= 0.3 is 5.97 Å². The van der Waals surface area contributed by atoms with E-state index in [1.54, 1.807) is 24.0 Å². The Morgan fingerprint density at radius 2 is 1.83 bits per heavy atom. The molecule has 6 nitrogen and oxygen atoms in total. The van der Waals surface area contributed by atoms with Gasteiger partial charge in [0.2, 0.25) is 5.91 Å². The molecule has 0 radical (unpaired) electrons. The van der Waals surface area contributed by atoms with Gasteiger partial charge in [-0.15, -0.1) is 0 Å². The first-order valence-corrected chi connectivity index (χ1v) is 12.6. The molecule has 35 heavy (non-hydrogen) atoms. The summed E-state index contributed by atoms with van der Waals surface area (Å²) in [6.45, 7) is 7.03. The molecule has 1 unspecified atom stereocenters. The lowest BCUT2D eigenvalue weighted by molar-refractivity contribution is -0.139. The number of fused-ring (bicyclic) bond motifs is 1. The van der Waals surface area contributed by atoms with E-state index in [9.17, 15) is 14.0 Å². The summed E-state index contributed by atoms with van der Waals surface area (Å²) in [6, 6.07) is 14.9. The molecule has 4 rings (SSSR count). The van der Waals surface area contributed by atoms with Gasteiger partial charge in [-0.1, -0.05) is 54.2 Å². The lowest BCUT2D eigenvalue weighted by atomic mass is 9.91. The van der Waals surface area contributed by atoms with E-state index in [4.69, 9.17) is 9.73 Å². The van der Waals surface area contributed by atoms with E-state index in [-0.39, 0.29) is 18.9 Å². The van der Waals surface area contributed by atoms with Crippen molar-refractivity contribution < 1.29 is 18.7 Å². The third-order valence-electron chi connectivity index (χ3n) is 5.97. The summed E-state index contributed by atoms with van der Waals surface area (Å²) in [7, 11) is 0. The summed E-state index contributed by atoms with van der Waals surface area (Å²) < 4.78 is 19.9. The molecule has 0 spiro atoms. The average molecular weight is 494 g/mol. The summed E-state index contributed by atoms with van der Waals surface area (Å²) in [5, 5.41) is 2.52. The van der Waals surface area contributed by atoms with Crippen LogP contribution in [0.3, 0.4) is 0 Å². The van der Waals surface area contributed by atoms with Crippen LogP contribution in [0.5, 0.6) is 0 Å². The number of hydrogen-bond donors (Lipinski definition) is 0. The van der Waals surface area contributed by atoms with Crippen molar-refractivity contribution in [2.75, 3.05) is 19.7 Å². The maximum atomic E-state index is 14.4. The van der Waals surface area contributed by atoms with Crippen LogP contribution in [0.15, 0.2) is 76.3 Å². The van der Waals surface area contributed by atoms with Gasteiger partial charge in [-0.05, 0) is 43.9 Å². The van der Waals surface area contributed by atoms with Crippen molar-refractivity contribution in [1.29, 1.82) is 0 Å². The molecule has 2 aliphatic heterocycles. The van der Waals surface area contributed by atoms with Crippen LogP contribution in [0.2, 0.25) is 0 Å². The molecule has 0 N–H and O–H groups in total. The summed E-state index contributed by atoms with van der Waals surface area (Å²) in [6.07, 6.45) is 0.149. The fraction of sp³-hybridized carbons (Fsp3) is 0.296. The normalized spacial score (nSPS) is 17.0. The van der Waals surface area contributed by atoms with Crippen molar-refractivity contribution in [3.8, 4) is 0 Å². The molecule has 0 bridgehead atoms. The fourth-order valence-corrected chi connectivity index (χ4v) is 5.24. The summed E-state index contributed by atoms with van der Waals surface area (Å²) in [5.74, 6) is -0.945. The highest BCUT2D eigenvalue weighted by molar-refractivity contribution is 8.16. The van der Waals surface area contributed by atoms with E-state index < -0.39 is 17.8 Å². The summed E-state index contributed by atoms with van der Waals surface area (Å²) in [5.41, 5.74) is 2.86. The zero-order chi connectivity index (χ0) is 24.9. The van der Waals surface area contributed by atoms with Crippen LogP contribution in [0.25, 0.3) is 5.70 Å². The predicted molar refractivity (Wildman–Crippen MR) is 137 cm³/mol. The average Bonchev–Trinajstić information content (AvgIpc) is 3.26. The minimum absolute atomic E-state index is 0.0170. The fourth-order valence-electron chi connectivity index (χ4n) is 4.32. The monoisotopic (exact) mass is 493 g/mol. The molecular formula is C27H28FN3O3S. The van der Waals surface area contributed by atoms with E-state index in [0.717, 1.165) is 5.56 Å². The highest BCUT2D eigenvalue weighted by atomic mass is 32.2. The van der Waals surface area contributed by atoms with Gasteiger partial charge in [-0.2, -0.15) is 0 Å². The smallest absolute Gasteiger partial charge is 0.338 e. The number of esters is 1. The maximum absolute atomic E-state index is 14.4. The number of ether oxygens (including phenoxy) is 1. The third-order valence-corrected chi connectivity index (χ3v) is 6.85. The lowest BCUT2D eigenvalue weighted by Gasteiger charge is -2.37. The largest absolute Gasteiger partial charge is 0.463 e. The number of hydrogen-bond acceptors (Lipinski definition) is 6. The van der Waals surface area contributed by atoms with Crippen LogP contribution in [0, 0.1) is 5.82 Å². The number of thioether (sulfide) groups is 1. The van der Waals surface area contributed by atoms with Gasteiger partial charge in [-0.3, -0.25) is 4.79 Å². The molecule has 1 amide bonds. The first-order chi connectivity index (χ1) is 17.0. The van der Waals surface area contributed by atoms with Gasteiger partial charge in [0.05, 0.1) is 30.3 Å². The van der Waals surface area contributed by atoms with E-state index in [1.807, 2.05) is 54.5 Å². The first kappa shape index (κ1) is 24.7. The minimum atomic E-state index is -0.696. The second-order valence-corrected chi connectivity index (χ2v) is 8.88. The van der Waals surface area contributed by atoms with Crippen LogP contribution in [-0.2, 0) is 14.3 Å². The van der Waals surface area contributed by atoms with Crippen LogP contribution in [0.4, 0.5) is 4.39 Å². The van der Waals surface area contributed by atoms with Gasteiger partial charge in [0.1, 0.15) is 5.82 Å². The molecule has 2 aromatic carbocycles. The number of carbonyl (C=O) groups is 2. The quantitative estimate of drug-likeness (QED) is 0.464. The van der Waals surface area contributed by atoms with Crippen molar-refractivity contribution in [3.63, 3.8) is 0 Å². The van der Waals surface area contributed by atoms with Gasteiger partial charge in [0, 0.05) is 24.4 Å².